The molecule has 2 aromatic rings. The van der Waals surface area contributed by atoms with E-state index in [9.17, 15) is 4.79 Å². The molecular weight excluding hydrogens is 302 g/mol. The summed E-state index contributed by atoms with van der Waals surface area (Å²) in [4.78, 5) is 14.2. The Kier molecular flexibility index (Phi) is 5.44. The molecule has 0 radical (unpaired) electrons. The van der Waals surface area contributed by atoms with Crippen molar-refractivity contribution in [3.8, 4) is 5.75 Å². The molecule has 0 N–H and O–H groups in total. The zero-order valence-corrected chi connectivity index (χ0v) is 13.8. The predicted molar refractivity (Wildman–Crippen MR) is 86.5 cm³/mol. The Morgan fingerprint density at radius 2 is 2.18 bits per heavy atom. The van der Waals surface area contributed by atoms with E-state index in [4.69, 9.17) is 16.3 Å². The third kappa shape index (κ3) is 4.01. The van der Waals surface area contributed by atoms with Crippen LogP contribution in [-0.2, 0) is 7.05 Å². The van der Waals surface area contributed by atoms with Crippen LogP contribution in [-0.4, -0.2) is 40.3 Å². The summed E-state index contributed by atoms with van der Waals surface area (Å²) < 4.78 is 7.25. The largest absolute Gasteiger partial charge is 0.492 e. The van der Waals surface area contributed by atoms with Crippen LogP contribution in [0, 0.1) is 6.92 Å². The van der Waals surface area contributed by atoms with E-state index in [-0.39, 0.29) is 5.91 Å². The van der Waals surface area contributed by atoms with Gasteiger partial charge >= 0.3 is 0 Å². The molecule has 0 aliphatic rings. The van der Waals surface area contributed by atoms with Crippen LogP contribution in [0.1, 0.15) is 23.1 Å². The van der Waals surface area contributed by atoms with Gasteiger partial charge in [0.1, 0.15) is 18.1 Å². The first-order chi connectivity index (χ1) is 10.5. The van der Waals surface area contributed by atoms with Crippen molar-refractivity contribution in [1.82, 2.24) is 14.7 Å². The Bertz CT molecular complexity index is 655. The Morgan fingerprint density at radius 1 is 1.41 bits per heavy atom. The molecule has 22 heavy (non-hydrogen) atoms. The van der Waals surface area contributed by atoms with Gasteiger partial charge in [0.25, 0.3) is 5.91 Å². The Labute approximate surface area is 135 Å². The van der Waals surface area contributed by atoms with Crippen LogP contribution < -0.4 is 4.74 Å². The number of amides is 1. The molecule has 0 atom stereocenters. The summed E-state index contributed by atoms with van der Waals surface area (Å²) in [6.07, 6.45) is 0. The van der Waals surface area contributed by atoms with Crippen molar-refractivity contribution in [3.05, 3.63) is 46.7 Å². The van der Waals surface area contributed by atoms with Gasteiger partial charge in [-0.05, 0) is 38.1 Å². The second-order valence-corrected chi connectivity index (χ2v) is 5.42. The maximum atomic E-state index is 12.5. The first-order valence-electron chi connectivity index (χ1n) is 7.19. The van der Waals surface area contributed by atoms with E-state index in [0.717, 1.165) is 5.69 Å². The number of halogens is 1. The van der Waals surface area contributed by atoms with Crippen molar-refractivity contribution in [2.24, 2.45) is 7.05 Å². The fraction of sp³-hybridized carbons (Fsp3) is 0.375. The van der Waals surface area contributed by atoms with Gasteiger partial charge in [0, 0.05) is 18.6 Å². The third-order valence-electron chi connectivity index (χ3n) is 3.32. The molecule has 0 aliphatic carbocycles. The molecule has 0 bridgehead atoms. The molecule has 1 aromatic heterocycles. The number of likely N-dealkylation sites (N-methyl/N-ethyl adjacent to an activating group) is 1. The lowest BCUT2D eigenvalue weighted by Crippen LogP contribution is -2.35. The topological polar surface area (TPSA) is 47.4 Å². The molecule has 118 valence electrons. The number of ether oxygens (including phenoxy) is 1. The predicted octanol–water partition coefficient (Wildman–Crippen LogP) is 2.92. The molecule has 0 aliphatic heterocycles. The lowest BCUT2D eigenvalue weighted by atomic mass is 10.3. The number of aromatic nitrogens is 2. The average Bonchev–Trinajstić information content (AvgIpc) is 2.82. The standard InChI is InChI=1S/C16H20ClN3O2/c1-4-20(16(21)15-10-12(2)18-19(15)3)8-9-22-14-7-5-6-13(17)11-14/h5-7,10-11H,4,8-9H2,1-3H3. The van der Waals surface area contributed by atoms with Crippen molar-refractivity contribution in [1.29, 1.82) is 0 Å². The Balaban J connectivity index is 1.94. The van der Waals surface area contributed by atoms with Crippen molar-refractivity contribution in [2.75, 3.05) is 19.7 Å². The smallest absolute Gasteiger partial charge is 0.272 e. The van der Waals surface area contributed by atoms with Crippen LogP contribution in [0.25, 0.3) is 0 Å². The van der Waals surface area contributed by atoms with Crippen molar-refractivity contribution in [2.45, 2.75) is 13.8 Å². The maximum absolute atomic E-state index is 12.5. The minimum atomic E-state index is -0.0414. The Hall–Kier alpha value is -2.01. The van der Waals surface area contributed by atoms with E-state index in [1.54, 1.807) is 34.8 Å². The van der Waals surface area contributed by atoms with Crippen LogP contribution in [0.4, 0.5) is 0 Å². The normalized spacial score (nSPS) is 10.5. The van der Waals surface area contributed by atoms with Crippen LogP contribution in [0.3, 0.4) is 0 Å². The first-order valence-corrected chi connectivity index (χ1v) is 7.57. The highest BCUT2D eigenvalue weighted by atomic mass is 35.5. The number of aryl methyl sites for hydroxylation is 2. The zero-order valence-electron chi connectivity index (χ0n) is 13.0. The summed E-state index contributed by atoms with van der Waals surface area (Å²) in [6.45, 7) is 5.35. The van der Waals surface area contributed by atoms with Crippen LogP contribution in [0.5, 0.6) is 5.75 Å². The van der Waals surface area contributed by atoms with Crippen LogP contribution in [0.2, 0.25) is 5.02 Å². The number of rotatable bonds is 6. The number of nitrogens with zero attached hydrogens (tertiary/aromatic N) is 3. The van der Waals surface area contributed by atoms with Crippen molar-refractivity contribution in [3.63, 3.8) is 0 Å². The molecular formula is C16H20ClN3O2. The molecule has 2 rings (SSSR count). The van der Waals surface area contributed by atoms with E-state index in [2.05, 4.69) is 5.10 Å². The lowest BCUT2D eigenvalue weighted by Gasteiger charge is -2.21. The van der Waals surface area contributed by atoms with Crippen LogP contribution >= 0.6 is 11.6 Å². The second-order valence-electron chi connectivity index (χ2n) is 4.99. The molecule has 1 heterocycles. The van der Waals surface area contributed by atoms with Gasteiger partial charge in [-0.15, -0.1) is 0 Å². The minimum absolute atomic E-state index is 0.0414. The van der Waals surface area contributed by atoms with Crippen molar-refractivity contribution < 1.29 is 9.53 Å². The van der Waals surface area contributed by atoms with Crippen molar-refractivity contribution >= 4 is 17.5 Å². The Morgan fingerprint density at radius 3 is 2.77 bits per heavy atom. The molecule has 1 amide bonds. The minimum Gasteiger partial charge on any atom is -0.492 e. The molecule has 6 heteroatoms. The average molecular weight is 322 g/mol. The summed E-state index contributed by atoms with van der Waals surface area (Å²) in [6, 6.07) is 9.02. The van der Waals surface area contributed by atoms with Gasteiger partial charge in [0.2, 0.25) is 0 Å². The second kappa shape index (κ2) is 7.31. The fourth-order valence-electron chi connectivity index (χ4n) is 2.21. The van der Waals surface area contributed by atoms with E-state index < -0.39 is 0 Å². The first kappa shape index (κ1) is 16.4. The number of carbonyl (C=O) groups is 1. The highest BCUT2D eigenvalue weighted by molar-refractivity contribution is 6.30. The maximum Gasteiger partial charge on any atom is 0.272 e. The fourth-order valence-corrected chi connectivity index (χ4v) is 2.39. The molecule has 5 nitrogen and oxygen atoms in total. The summed E-state index contributed by atoms with van der Waals surface area (Å²) in [5, 5.41) is 4.84. The van der Waals surface area contributed by atoms with Gasteiger partial charge in [-0.3, -0.25) is 9.48 Å². The van der Waals surface area contributed by atoms with E-state index in [1.807, 2.05) is 26.0 Å². The molecule has 0 fully saturated rings. The van der Waals surface area contributed by atoms with Gasteiger partial charge in [0.05, 0.1) is 12.2 Å². The lowest BCUT2D eigenvalue weighted by molar-refractivity contribution is 0.0729. The van der Waals surface area contributed by atoms with E-state index >= 15 is 0 Å². The molecule has 0 unspecified atom stereocenters. The number of benzene rings is 1. The van der Waals surface area contributed by atoms with Gasteiger partial charge in [-0.2, -0.15) is 5.10 Å². The summed E-state index contributed by atoms with van der Waals surface area (Å²) in [7, 11) is 1.77. The number of hydrogen-bond acceptors (Lipinski definition) is 3. The van der Waals surface area contributed by atoms with Crippen LogP contribution in [0.15, 0.2) is 30.3 Å². The number of carbonyl (C=O) groups excluding carboxylic acids is 1. The third-order valence-corrected chi connectivity index (χ3v) is 3.55. The zero-order chi connectivity index (χ0) is 16.1. The number of hydrogen-bond donors (Lipinski definition) is 0. The summed E-state index contributed by atoms with van der Waals surface area (Å²) >= 11 is 5.91. The molecule has 1 aromatic carbocycles. The van der Waals surface area contributed by atoms with Gasteiger partial charge in [-0.1, -0.05) is 17.7 Å². The van der Waals surface area contributed by atoms with E-state index in [1.165, 1.54) is 0 Å². The highest BCUT2D eigenvalue weighted by Gasteiger charge is 2.18. The monoisotopic (exact) mass is 321 g/mol. The molecule has 0 spiro atoms. The quantitative estimate of drug-likeness (QED) is 0.822. The summed E-state index contributed by atoms with van der Waals surface area (Å²) in [5.41, 5.74) is 1.42. The van der Waals surface area contributed by atoms with E-state index in [0.29, 0.717) is 36.2 Å². The van der Waals surface area contributed by atoms with Gasteiger partial charge < -0.3 is 9.64 Å². The van der Waals surface area contributed by atoms with Gasteiger partial charge in [-0.25, -0.2) is 0 Å². The highest BCUT2D eigenvalue weighted by Crippen LogP contribution is 2.17. The molecule has 0 saturated carbocycles. The van der Waals surface area contributed by atoms with Gasteiger partial charge in [0.15, 0.2) is 0 Å². The SMILES string of the molecule is CCN(CCOc1cccc(Cl)c1)C(=O)c1cc(C)nn1C. The molecule has 0 saturated heterocycles. The summed E-state index contributed by atoms with van der Waals surface area (Å²) in [5.74, 6) is 0.660.